The van der Waals surface area contributed by atoms with Crippen molar-refractivity contribution in [1.82, 2.24) is 20.1 Å². The second kappa shape index (κ2) is 5.95. The number of carbonyl (C=O) groups is 1. The molecule has 1 aromatic heterocycles. The third-order valence-corrected chi connectivity index (χ3v) is 3.03. The van der Waals surface area contributed by atoms with Gasteiger partial charge >= 0.3 is 0 Å². The van der Waals surface area contributed by atoms with Crippen molar-refractivity contribution in [3.63, 3.8) is 0 Å². The van der Waals surface area contributed by atoms with Crippen molar-refractivity contribution in [2.45, 2.75) is 26.2 Å². The zero-order chi connectivity index (χ0) is 13.0. The molecule has 1 fully saturated rings. The highest BCUT2D eigenvalue weighted by atomic mass is 16.5. The minimum absolute atomic E-state index is 0.166. The fraction of sp³-hybridized carbons (Fsp3) is 0.750. The molecule has 1 saturated carbocycles. The minimum atomic E-state index is -0.166. The Hall–Kier alpha value is -1.43. The molecule has 1 aromatic rings. The van der Waals surface area contributed by atoms with Gasteiger partial charge in [-0.3, -0.25) is 9.89 Å². The topological polar surface area (TPSA) is 71.1 Å². The number of carbonyl (C=O) groups excluding carboxylic acids is 1. The van der Waals surface area contributed by atoms with E-state index >= 15 is 0 Å². The zero-order valence-electron chi connectivity index (χ0n) is 11.0. The number of nitrogens with zero attached hydrogens (tertiary/aromatic N) is 3. The van der Waals surface area contributed by atoms with E-state index in [1.54, 1.807) is 11.9 Å². The Morgan fingerprint density at radius 1 is 1.56 bits per heavy atom. The predicted molar refractivity (Wildman–Crippen MR) is 66.3 cm³/mol. The summed E-state index contributed by atoms with van der Waals surface area (Å²) < 4.78 is 5.50. The molecule has 6 nitrogen and oxygen atoms in total. The number of hydrogen-bond acceptors (Lipinski definition) is 4. The van der Waals surface area contributed by atoms with E-state index in [0.29, 0.717) is 13.2 Å². The van der Waals surface area contributed by atoms with Crippen LogP contribution in [-0.4, -0.2) is 52.8 Å². The van der Waals surface area contributed by atoms with E-state index < -0.39 is 0 Å². The quantitative estimate of drug-likeness (QED) is 0.731. The van der Waals surface area contributed by atoms with Crippen LogP contribution in [0.1, 0.15) is 36.2 Å². The second-order valence-corrected chi connectivity index (χ2v) is 4.70. The Morgan fingerprint density at radius 2 is 2.33 bits per heavy atom. The van der Waals surface area contributed by atoms with Gasteiger partial charge in [0.25, 0.3) is 5.91 Å². The molecule has 0 radical (unpaired) electrons. The highest BCUT2D eigenvalue weighted by Gasteiger charge is 2.21. The standard InChI is InChI=1S/C12H20N4O2/c1-3-10-13-11(15-14-10)12(17)16(2)6-7-18-8-9-4-5-9/h9H,3-8H2,1-2H3,(H,13,14,15). The van der Waals surface area contributed by atoms with Crippen LogP contribution in [0.15, 0.2) is 0 Å². The molecule has 0 unspecified atom stereocenters. The third-order valence-electron chi connectivity index (χ3n) is 3.03. The number of rotatable bonds is 7. The van der Waals surface area contributed by atoms with E-state index in [1.807, 2.05) is 6.92 Å². The van der Waals surface area contributed by atoms with Gasteiger partial charge in [0.2, 0.25) is 5.82 Å². The Kier molecular flexibility index (Phi) is 4.30. The van der Waals surface area contributed by atoms with E-state index in [-0.39, 0.29) is 11.7 Å². The van der Waals surface area contributed by atoms with Gasteiger partial charge in [-0.1, -0.05) is 6.92 Å². The first kappa shape index (κ1) is 13.0. The van der Waals surface area contributed by atoms with Crippen molar-refractivity contribution in [1.29, 1.82) is 0 Å². The highest BCUT2D eigenvalue weighted by molar-refractivity contribution is 5.90. The molecule has 6 heteroatoms. The van der Waals surface area contributed by atoms with Crippen molar-refractivity contribution in [2.24, 2.45) is 5.92 Å². The van der Waals surface area contributed by atoms with Crippen LogP contribution in [0.3, 0.4) is 0 Å². The maximum Gasteiger partial charge on any atom is 0.293 e. The van der Waals surface area contributed by atoms with Gasteiger partial charge in [-0.05, 0) is 18.8 Å². The van der Waals surface area contributed by atoms with Crippen LogP contribution in [0.4, 0.5) is 0 Å². The summed E-state index contributed by atoms with van der Waals surface area (Å²) in [7, 11) is 1.74. The fourth-order valence-electron chi connectivity index (χ4n) is 1.56. The number of amides is 1. The molecular weight excluding hydrogens is 232 g/mol. The average Bonchev–Trinajstić information content (AvgIpc) is 3.08. The molecule has 1 aliphatic carbocycles. The number of aromatic amines is 1. The summed E-state index contributed by atoms with van der Waals surface area (Å²) in [6.45, 7) is 3.93. The van der Waals surface area contributed by atoms with Gasteiger partial charge in [0.15, 0.2) is 0 Å². The highest BCUT2D eigenvalue weighted by Crippen LogP contribution is 2.28. The molecule has 1 N–H and O–H groups in total. The van der Waals surface area contributed by atoms with E-state index in [1.165, 1.54) is 12.8 Å². The summed E-state index contributed by atoms with van der Waals surface area (Å²) in [4.78, 5) is 17.6. The smallest absolute Gasteiger partial charge is 0.293 e. The maximum atomic E-state index is 11.9. The molecule has 2 rings (SSSR count). The second-order valence-electron chi connectivity index (χ2n) is 4.70. The van der Waals surface area contributed by atoms with Gasteiger partial charge < -0.3 is 9.64 Å². The molecule has 100 valence electrons. The van der Waals surface area contributed by atoms with Crippen LogP contribution in [-0.2, 0) is 11.2 Å². The van der Waals surface area contributed by atoms with Crippen LogP contribution in [0.25, 0.3) is 0 Å². The van der Waals surface area contributed by atoms with Gasteiger partial charge in [-0.25, -0.2) is 4.98 Å². The van der Waals surface area contributed by atoms with Gasteiger partial charge in [0, 0.05) is 26.6 Å². The van der Waals surface area contributed by atoms with Crippen LogP contribution in [0.2, 0.25) is 0 Å². The summed E-state index contributed by atoms with van der Waals surface area (Å²) in [6.07, 6.45) is 3.31. The van der Waals surface area contributed by atoms with Crippen LogP contribution < -0.4 is 0 Å². The Labute approximate surface area is 107 Å². The van der Waals surface area contributed by atoms with Crippen molar-refractivity contribution in [3.05, 3.63) is 11.6 Å². The summed E-state index contributed by atoms with van der Waals surface area (Å²) >= 11 is 0. The maximum absolute atomic E-state index is 11.9. The third kappa shape index (κ3) is 3.53. The van der Waals surface area contributed by atoms with E-state index in [2.05, 4.69) is 15.2 Å². The first-order valence-corrected chi connectivity index (χ1v) is 6.45. The monoisotopic (exact) mass is 252 g/mol. The molecule has 0 bridgehead atoms. The number of aromatic nitrogens is 3. The van der Waals surface area contributed by atoms with Crippen LogP contribution in [0, 0.1) is 5.92 Å². The number of H-pyrrole nitrogens is 1. The Morgan fingerprint density at radius 3 is 2.94 bits per heavy atom. The lowest BCUT2D eigenvalue weighted by Crippen LogP contribution is -2.31. The molecule has 0 aromatic carbocycles. The Balaban J connectivity index is 1.72. The fourth-order valence-corrected chi connectivity index (χ4v) is 1.56. The van der Waals surface area contributed by atoms with Crippen LogP contribution in [0.5, 0.6) is 0 Å². The number of ether oxygens (including phenoxy) is 1. The molecule has 0 aliphatic heterocycles. The normalized spacial score (nSPS) is 14.8. The van der Waals surface area contributed by atoms with Gasteiger partial charge in [-0.2, -0.15) is 0 Å². The van der Waals surface area contributed by atoms with Gasteiger partial charge in [-0.15, -0.1) is 5.10 Å². The van der Waals surface area contributed by atoms with Crippen molar-refractivity contribution < 1.29 is 9.53 Å². The summed E-state index contributed by atoms with van der Waals surface area (Å²) in [5.41, 5.74) is 0. The van der Waals surface area contributed by atoms with Gasteiger partial charge in [0.05, 0.1) is 6.61 Å². The lowest BCUT2D eigenvalue weighted by Gasteiger charge is -2.15. The molecule has 1 heterocycles. The van der Waals surface area contributed by atoms with Crippen LogP contribution >= 0.6 is 0 Å². The lowest BCUT2D eigenvalue weighted by molar-refractivity contribution is 0.0671. The molecular formula is C12H20N4O2. The molecule has 0 spiro atoms. The predicted octanol–water partition coefficient (Wildman–Crippen LogP) is 0.866. The first-order valence-electron chi connectivity index (χ1n) is 6.45. The van der Waals surface area contributed by atoms with Gasteiger partial charge in [0.1, 0.15) is 5.82 Å². The zero-order valence-corrected chi connectivity index (χ0v) is 11.0. The number of hydrogen-bond donors (Lipinski definition) is 1. The molecule has 0 atom stereocenters. The number of nitrogens with one attached hydrogen (secondary N) is 1. The average molecular weight is 252 g/mol. The van der Waals surface area contributed by atoms with E-state index in [0.717, 1.165) is 24.8 Å². The molecule has 18 heavy (non-hydrogen) atoms. The number of likely N-dealkylation sites (N-methyl/N-ethyl adjacent to an activating group) is 1. The molecule has 1 amide bonds. The lowest BCUT2D eigenvalue weighted by atomic mass is 10.4. The molecule has 0 saturated heterocycles. The largest absolute Gasteiger partial charge is 0.379 e. The summed E-state index contributed by atoms with van der Waals surface area (Å²) in [5.74, 6) is 1.56. The summed E-state index contributed by atoms with van der Waals surface area (Å²) in [6, 6.07) is 0. The number of aryl methyl sites for hydroxylation is 1. The minimum Gasteiger partial charge on any atom is -0.379 e. The van der Waals surface area contributed by atoms with E-state index in [9.17, 15) is 4.79 Å². The SMILES string of the molecule is CCc1nc(C(=O)N(C)CCOCC2CC2)n[nH]1. The molecule has 1 aliphatic rings. The first-order chi connectivity index (χ1) is 8.70. The summed E-state index contributed by atoms with van der Waals surface area (Å²) in [5, 5.41) is 6.65. The van der Waals surface area contributed by atoms with Crippen molar-refractivity contribution in [2.75, 3.05) is 26.8 Å². The van der Waals surface area contributed by atoms with E-state index in [4.69, 9.17) is 4.74 Å². The van der Waals surface area contributed by atoms with Crippen molar-refractivity contribution >= 4 is 5.91 Å². The van der Waals surface area contributed by atoms with Crippen molar-refractivity contribution in [3.8, 4) is 0 Å². The Bertz CT molecular complexity index is 401.